The number of ketones is 2. The zero-order valence-corrected chi connectivity index (χ0v) is 17.0. The van der Waals surface area contributed by atoms with E-state index >= 15 is 0 Å². The van der Waals surface area contributed by atoms with Crippen molar-refractivity contribution in [1.82, 2.24) is 16.0 Å². The largest absolute Gasteiger partial charge is 0.320 e. The van der Waals surface area contributed by atoms with Gasteiger partial charge in [0.2, 0.25) is 0 Å². The molecule has 0 spiro atoms. The van der Waals surface area contributed by atoms with Crippen molar-refractivity contribution in [3.63, 3.8) is 0 Å². The third-order valence-electron chi connectivity index (χ3n) is 2.94. The Labute approximate surface area is 144 Å². The molecule has 0 aromatic rings. The molecule has 0 heterocycles. The van der Waals surface area contributed by atoms with Crippen LogP contribution < -0.4 is 16.0 Å². The lowest BCUT2D eigenvalue weighted by Gasteiger charge is -2.10. The summed E-state index contributed by atoms with van der Waals surface area (Å²) in [5.41, 5.74) is 0. The number of nitrogens with one attached hydrogen (secondary N) is 3. The fourth-order valence-electron chi connectivity index (χ4n) is 1.53. The first-order chi connectivity index (χ1) is 10.4. The highest BCUT2D eigenvalue weighted by atomic mass is 33.1. The molecule has 5 nitrogen and oxygen atoms in total. The van der Waals surface area contributed by atoms with E-state index in [9.17, 15) is 9.59 Å². The van der Waals surface area contributed by atoms with E-state index in [0.29, 0.717) is 0 Å². The summed E-state index contributed by atoms with van der Waals surface area (Å²) >= 11 is 0. The first-order valence-electron chi connectivity index (χ1n) is 7.42. The molecule has 0 amide bonds. The molecule has 0 aliphatic rings. The quantitative estimate of drug-likeness (QED) is 0.548. The summed E-state index contributed by atoms with van der Waals surface area (Å²) in [6.45, 7) is 6.08. The van der Waals surface area contributed by atoms with Crippen LogP contribution in [0.5, 0.6) is 0 Å². The molecule has 7 heteroatoms. The summed E-state index contributed by atoms with van der Waals surface area (Å²) in [4.78, 5) is 21.3. The van der Waals surface area contributed by atoms with Crippen molar-refractivity contribution in [3.8, 4) is 0 Å². The summed E-state index contributed by atoms with van der Waals surface area (Å²) in [6.07, 6.45) is 5.86. The molecule has 0 aliphatic carbocycles. The van der Waals surface area contributed by atoms with Crippen LogP contribution >= 0.6 is 21.6 Å². The average Bonchev–Trinajstić information content (AvgIpc) is 2.49. The minimum atomic E-state index is 0.0208. The summed E-state index contributed by atoms with van der Waals surface area (Å²) in [5, 5.41) is 8.84. The fraction of sp³-hybridized carbons (Fsp3) is 0.867. The van der Waals surface area contributed by atoms with Gasteiger partial charge in [-0.2, -0.15) is 0 Å². The highest BCUT2D eigenvalue weighted by Crippen LogP contribution is 2.09. The second-order valence-electron chi connectivity index (χ2n) is 4.54. The van der Waals surface area contributed by atoms with Gasteiger partial charge in [-0.1, -0.05) is 28.5 Å². The second kappa shape index (κ2) is 20.9. The van der Waals surface area contributed by atoms with Crippen LogP contribution in [-0.2, 0) is 9.59 Å². The van der Waals surface area contributed by atoms with Crippen molar-refractivity contribution in [2.24, 2.45) is 0 Å². The predicted molar refractivity (Wildman–Crippen MR) is 103 cm³/mol. The number of carbonyl (C=O) groups is 2. The Morgan fingerprint density at radius 3 is 1.45 bits per heavy atom. The molecule has 0 radical (unpaired) electrons. The van der Waals surface area contributed by atoms with Crippen molar-refractivity contribution < 1.29 is 9.59 Å². The molecule has 0 rings (SSSR count). The van der Waals surface area contributed by atoms with Gasteiger partial charge in [0.25, 0.3) is 0 Å². The molecule has 0 aromatic heterocycles. The lowest BCUT2D eigenvalue weighted by Crippen LogP contribution is -2.34. The van der Waals surface area contributed by atoms with Gasteiger partial charge >= 0.3 is 0 Å². The molecule has 2 atom stereocenters. The minimum absolute atomic E-state index is 0.0208. The molecule has 134 valence electrons. The van der Waals surface area contributed by atoms with Crippen LogP contribution in [-0.4, -0.2) is 63.8 Å². The van der Waals surface area contributed by atoms with Crippen LogP contribution in [0.15, 0.2) is 0 Å². The lowest BCUT2D eigenvalue weighted by molar-refractivity contribution is -0.119. The topological polar surface area (TPSA) is 70.2 Å². The maximum Gasteiger partial charge on any atom is 0.146 e. The van der Waals surface area contributed by atoms with Crippen LogP contribution in [0.2, 0.25) is 0 Å². The van der Waals surface area contributed by atoms with Gasteiger partial charge < -0.3 is 16.0 Å². The molecule has 0 aliphatic heterocycles. The second-order valence-corrected chi connectivity index (χ2v) is 7.20. The fourth-order valence-corrected chi connectivity index (χ4v) is 1.53. The number of hydrogen-bond donors (Lipinski definition) is 3. The number of Topliss-reactive ketones (excluding diaryl/α,β-unsaturated/α-hetero) is 2. The first-order valence-corrected chi connectivity index (χ1v) is 10.4. The van der Waals surface area contributed by atoms with Crippen molar-refractivity contribution in [2.75, 3.05) is 40.2 Å². The number of hydrogen-bond acceptors (Lipinski definition) is 7. The monoisotopic (exact) mass is 353 g/mol. The number of rotatable bonds is 9. The van der Waals surface area contributed by atoms with Crippen LogP contribution in [0.3, 0.4) is 0 Å². The van der Waals surface area contributed by atoms with Crippen molar-refractivity contribution in [2.45, 2.75) is 45.7 Å². The summed E-state index contributed by atoms with van der Waals surface area (Å²) in [5.74, 6) is 0.424. The summed E-state index contributed by atoms with van der Waals surface area (Å²) < 4.78 is 0. The van der Waals surface area contributed by atoms with E-state index in [0.717, 1.165) is 19.4 Å². The molecule has 0 unspecified atom stereocenters. The average molecular weight is 354 g/mol. The molecule has 0 saturated carbocycles. The Bertz CT molecular complexity index is 261. The molecular weight excluding hydrogens is 318 g/mol. The summed E-state index contributed by atoms with van der Waals surface area (Å²) in [7, 11) is 9.04. The normalized spacial score (nSPS) is 12.2. The highest BCUT2D eigenvalue weighted by Gasteiger charge is 2.09. The van der Waals surface area contributed by atoms with Gasteiger partial charge in [-0.25, -0.2) is 0 Å². The van der Waals surface area contributed by atoms with Crippen LogP contribution in [0, 0.1) is 0 Å². The lowest BCUT2D eigenvalue weighted by atomic mass is 10.1. The van der Waals surface area contributed by atoms with E-state index in [4.69, 9.17) is 0 Å². The molecule has 22 heavy (non-hydrogen) atoms. The third kappa shape index (κ3) is 19.9. The van der Waals surface area contributed by atoms with Gasteiger partial charge in [-0.15, -0.1) is 0 Å². The van der Waals surface area contributed by atoms with Crippen LogP contribution in [0.1, 0.15) is 33.6 Å². The van der Waals surface area contributed by atoms with E-state index in [1.165, 1.54) is 0 Å². The van der Waals surface area contributed by atoms with E-state index in [1.54, 1.807) is 42.5 Å². The molecular formula is C15H35N3O2S2. The Morgan fingerprint density at radius 1 is 0.909 bits per heavy atom. The van der Waals surface area contributed by atoms with E-state index in [1.807, 2.05) is 21.0 Å². The molecule has 0 saturated heterocycles. The van der Waals surface area contributed by atoms with Gasteiger partial charge in [0, 0.05) is 0 Å². The Hall–Kier alpha value is -0.0800. The van der Waals surface area contributed by atoms with E-state index < -0.39 is 0 Å². The highest BCUT2D eigenvalue weighted by molar-refractivity contribution is 8.76. The minimum Gasteiger partial charge on any atom is -0.320 e. The maximum atomic E-state index is 10.8. The molecule has 0 aromatic carbocycles. The van der Waals surface area contributed by atoms with Gasteiger partial charge in [-0.05, 0) is 66.9 Å². The van der Waals surface area contributed by atoms with Crippen LogP contribution in [0.4, 0.5) is 0 Å². The molecule has 0 bridgehead atoms. The Balaban J connectivity index is -0.000000269. The van der Waals surface area contributed by atoms with Gasteiger partial charge in [0.05, 0.1) is 12.1 Å². The van der Waals surface area contributed by atoms with Gasteiger partial charge in [0.1, 0.15) is 11.6 Å². The SMILES string of the molecule is CC[C@H](NC)C(C)=O.CNCC[C@H](NC)C(C)=O.CSSC. The predicted octanol–water partition coefficient (Wildman–Crippen LogP) is 1.97. The smallest absolute Gasteiger partial charge is 0.146 e. The number of carbonyl (C=O) groups excluding carboxylic acids is 2. The van der Waals surface area contributed by atoms with E-state index in [2.05, 4.69) is 28.5 Å². The standard InChI is InChI=1S/C7H16N2O.C6H13NO.C2H6S2/c1-6(10)7(9-3)4-5-8-2;1-4-6(7-3)5(2)8;1-3-4-2/h7-9H,4-5H2,1-3H3;6-7H,4H2,1-3H3;1-2H3/t7-;6-;/m00./s1. The number of likely N-dealkylation sites (N-methyl/N-ethyl adjacent to an activating group) is 2. The van der Waals surface area contributed by atoms with Crippen molar-refractivity contribution in [3.05, 3.63) is 0 Å². The van der Waals surface area contributed by atoms with Crippen molar-refractivity contribution >= 4 is 33.2 Å². The Kier molecular flexibility index (Phi) is 25.5. The Morgan fingerprint density at radius 2 is 1.32 bits per heavy atom. The molecule has 0 fully saturated rings. The summed E-state index contributed by atoms with van der Waals surface area (Å²) in [6, 6.07) is 0.0856. The molecule has 3 N–H and O–H groups in total. The maximum absolute atomic E-state index is 10.8. The van der Waals surface area contributed by atoms with Crippen molar-refractivity contribution in [1.29, 1.82) is 0 Å². The zero-order valence-electron chi connectivity index (χ0n) is 15.4. The van der Waals surface area contributed by atoms with Crippen LogP contribution in [0.25, 0.3) is 0 Å². The van der Waals surface area contributed by atoms with E-state index in [-0.39, 0.29) is 23.7 Å². The van der Waals surface area contributed by atoms with Gasteiger partial charge in [-0.3, -0.25) is 9.59 Å². The first kappa shape index (κ1) is 26.8. The third-order valence-corrected chi connectivity index (χ3v) is 4.27. The zero-order chi connectivity index (χ0) is 18.0. The van der Waals surface area contributed by atoms with Gasteiger partial charge in [0.15, 0.2) is 0 Å².